The maximum Gasteiger partial charge on any atom is 0.128 e. The molecule has 1 N–H and O–H groups in total. The number of nitrogens with one attached hydrogen (secondary N) is 1. The first-order valence-corrected chi connectivity index (χ1v) is 4.95. The van der Waals surface area contributed by atoms with Crippen LogP contribution in [-0.4, -0.2) is 12.1 Å². The van der Waals surface area contributed by atoms with Crippen LogP contribution in [0.4, 0.5) is 0 Å². The lowest BCUT2D eigenvalue weighted by atomic mass is 10.2. The van der Waals surface area contributed by atoms with Crippen LogP contribution in [0, 0.1) is 6.07 Å². The summed E-state index contributed by atoms with van der Waals surface area (Å²) < 4.78 is 5.29. The average molecular weight is 186 g/mol. The fraction of sp³-hybridized carbons (Fsp3) is 0.333. The third kappa shape index (κ3) is 1.10. The van der Waals surface area contributed by atoms with E-state index in [-0.39, 0.29) is 0 Å². The van der Waals surface area contributed by atoms with Gasteiger partial charge in [0.25, 0.3) is 0 Å². The van der Waals surface area contributed by atoms with Crippen LogP contribution in [0.3, 0.4) is 0 Å². The SMILES string of the molecule is COc1c[c]cc2[nH]c(C3CC3)cc12. The topological polar surface area (TPSA) is 25.0 Å². The van der Waals surface area contributed by atoms with Gasteiger partial charge in [-0.15, -0.1) is 0 Å². The van der Waals surface area contributed by atoms with Crippen molar-refractivity contribution < 1.29 is 4.74 Å². The van der Waals surface area contributed by atoms with Crippen molar-refractivity contribution in [1.29, 1.82) is 0 Å². The molecule has 0 amide bonds. The molecule has 0 bridgehead atoms. The van der Waals surface area contributed by atoms with E-state index >= 15 is 0 Å². The second-order valence-electron chi connectivity index (χ2n) is 3.85. The Kier molecular flexibility index (Phi) is 1.57. The second-order valence-corrected chi connectivity index (χ2v) is 3.85. The molecule has 71 valence electrons. The third-order valence-corrected chi connectivity index (χ3v) is 2.81. The molecule has 3 rings (SSSR count). The van der Waals surface area contributed by atoms with Crippen molar-refractivity contribution in [2.75, 3.05) is 7.11 Å². The van der Waals surface area contributed by atoms with E-state index in [1.807, 2.05) is 12.1 Å². The van der Waals surface area contributed by atoms with Gasteiger partial charge in [-0.2, -0.15) is 0 Å². The van der Waals surface area contributed by atoms with Crippen LogP contribution in [0.5, 0.6) is 5.75 Å². The van der Waals surface area contributed by atoms with Gasteiger partial charge in [0, 0.05) is 16.6 Å². The summed E-state index contributed by atoms with van der Waals surface area (Å²) in [4.78, 5) is 3.42. The fourth-order valence-corrected chi connectivity index (χ4v) is 1.87. The number of hydrogen-bond donors (Lipinski definition) is 1. The molecule has 0 aliphatic heterocycles. The van der Waals surface area contributed by atoms with E-state index in [0.717, 1.165) is 17.2 Å². The highest BCUT2D eigenvalue weighted by Crippen LogP contribution is 2.41. The fourth-order valence-electron chi connectivity index (χ4n) is 1.87. The summed E-state index contributed by atoms with van der Waals surface area (Å²) in [6, 6.07) is 9.14. The first-order chi connectivity index (χ1) is 6.88. The molecule has 1 heterocycles. The van der Waals surface area contributed by atoms with Crippen LogP contribution in [0.2, 0.25) is 0 Å². The van der Waals surface area contributed by atoms with Gasteiger partial charge in [-0.25, -0.2) is 0 Å². The number of aromatic nitrogens is 1. The number of fused-ring (bicyclic) bond motifs is 1. The van der Waals surface area contributed by atoms with Gasteiger partial charge in [0.1, 0.15) is 5.75 Å². The van der Waals surface area contributed by atoms with E-state index in [4.69, 9.17) is 4.74 Å². The van der Waals surface area contributed by atoms with Gasteiger partial charge < -0.3 is 9.72 Å². The zero-order valence-corrected chi connectivity index (χ0v) is 8.13. The van der Waals surface area contributed by atoms with E-state index in [2.05, 4.69) is 17.1 Å². The minimum Gasteiger partial charge on any atom is -0.496 e. The Hall–Kier alpha value is -1.44. The minimum absolute atomic E-state index is 0.757. The molecular formula is C12H12NO. The molecule has 1 radical (unpaired) electrons. The summed E-state index contributed by atoms with van der Waals surface area (Å²) in [5, 5.41) is 1.17. The van der Waals surface area contributed by atoms with Crippen molar-refractivity contribution in [3.63, 3.8) is 0 Å². The maximum absolute atomic E-state index is 5.29. The Morgan fingerprint density at radius 1 is 1.43 bits per heavy atom. The standard InChI is InChI=1S/C12H12NO/c1-14-12-4-2-3-10-9(12)7-11(13-10)8-5-6-8/h3-4,7-8,13H,5-6H2,1H3. The lowest BCUT2D eigenvalue weighted by molar-refractivity contribution is 0.420. The Bertz CT molecular complexity index is 468. The largest absolute Gasteiger partial charge is 0.496 e. The van der Waals surface area contributed by atoms with Crippen LogP contribution in [0.15, 0.2) is 18.2 Å². The predicted molar refractivity (Wildman–Crippen MR) is 55.7 cm³/mol. The van der Waals surface area contributed by atoms with Crippen molar-refractivity contribution in [2.24, 2.45) is 0 Å². The van der Waals surface area contributed by atoms with Gasteiger partial charge in [-0.3, -0.25) is 0 Å². The summed E-state index contributed by atoms with van der Waals surface area (Å²) in [6.07, 6.45) is 2.64. The molecule has 1 fully saturated rings. The number of hydrogen-bond acceptors (Lipinski definition) is 1. The van der Waals surface area contributed by atoms with Crippen LogP contribution in [0.25, 0.3) is 10.9 Å². The monoisotopic (exact) mass is 186 g/mol. The number of aromatic amines is 1. The molecule has 2 aromatic rings. The summed E-state index contributed by atoms with van der Waals surface area (Å²) in [5.74, 6) is 1.66. The Morgan fingerprint density at radius 3 is 3.00 bits per heavy atom. The molecule has 1 aromatic heterocycles. The summed E-state index contributed by atoms with van der Waals surface area (Å²) in [6.45, 7) is 0. The van der Waals surface area contributed by atoms with Gasteiger partial charge in [-0.1, -0.05) is 0 Å². The normalized spacial score (nSPS) is 16.1. The van der Waals surface area contributed by atoms with Gasteiger partial charge in [0.2, 0.25) is 0 Å². The van der Waals surface area contributed by atoms with Gasteiger partial charge >= 0.3 is 0 Å². The summed E-state index contributed by atoms with van der Waals surface area (Å²) in [5.41, 5.74) is 2.48. The van der Waals surface area contributed by atoms with Gasteiger partial charge in [-0.05, 0) is 43.0 Å². The first kappa shape index (κ1) is 7.92. The predicted octanol–water partition coefficient (Wildman–Crippen LogP) is 2.85. The molecule has 1 saturated carbocycles. The lowest BCUT2D eigenvalue weighted by Crippen LogP contribution is -1.81. The molecule has 1 aliphatic carbocycles. The number of H-pyrrole nitrogens is 1. The minimum atomic E-state index is 0.757. The van der Waals surface area contributed by atoms with Crippen LogP contribution < -0.4 is 4.74 Å². The second kappa shape index (κ2) is 2.77. The van der Waals surface area contributed by atoms with E-state index in [1.54, 1.807) is 7.11 Å². The van der Waals surface area contributed by atoms with Crippen molar-refractivity contribution in [3.8, 4) is 5.75 Å². The smallest absolute Gasteiger partial charge is 0.128 e. The molecule has 2 heteroatoms. The number of ether oxygens (including phenoxy) is 1. The summed E-state index contributed by atoms with van der Waals surface area (Å²) >= 11 is 0. The highest BCUT2D eigenvalue weighted by Gasteiger charge is 2.25. The zero-order valence-electron chi connectivity index (χ0n) is 8.13. The van der Waals surface area contributed by atoms with Gasteiger partial charge in [0.05, 0.1) is 7.11 Å². The molecule has 1 aromatic carbocycles. The molecule has 0 saturated heterocycles. The molecule has 2 nitrogen and oxygen atoms in total. The Labute approximate surface area is 82.9 Å². The zero-order chi connectivity index (χ0) is 9.54. The van der Waals surface area contributed by atoms with E-state index in [1.165, 1.54) is 23.9 Å². The number of rotatable bonds is 2. The molecule has 0 unspecified atom stereocenters. The van der Waals surface area contributed by atoms with Crippen LogP contribution >= 0.6 is 0 Å². The Morgan fingerprint density at radius 2 is 2.29 bits per heavy atom. The molecular weight excluding hydrogens is 174 g/mol. The van der Waals surface area contributed by atoms with Gasteiger partial charge in [0.15, 0.2) is 0 Å². The molecule has 0 spiro atoms. The first-order valence-electron chi connectivity index (χ1n) is 4.95. The molecule has 14 heavy (non-hydrogen) atoms. The van der Waals surface area contributed by atoms with E-state index in [0.29, 0.717) is 0 Å². The van der Waals surface area contributed by atoms with Crippen molar-refractivity contribution in [2.45, 2.75) is 18.8 Å². The van der Waals surface area contributed by atoms with Crippen molar-refractivity contribution in [1.82, 2.24) is 4.98 Å². The van der Waals surface area contributed by atoms with Crippen LogP contribution in [-0.2, 0) is 0 Å². The highest BCUT2D eigenvalue weighted by atomic mass is 16.5. The number of methoxy groups -OCH3 is 1. The number of benzene rings is 1. The Balaban J connectivity index is 2.20. The van der Waals surface area contributed by atoms with Crippen molar-refractivity contribution >= 4 is 10.9 Å². The maximum atomic E-state index is 5.29. The average Bonchev–Trinajstić information content (AvgIpc) is 2.97. The highest BCUT2D eigenvalue weighted by molar-refractivity contribution is 5.86. The molecule has 0 atom stereocenters. The third-order valence-electron chi connectivity index (χ3n) is 2.81. The van der Waals surface area contributed by atoms with Crippen molar-refractivity contribution in [3.05, 3.63) is 30.0 Å². The summed E-state index contributed by atoms with van der Waals surface area (Å²) in [7, 11) is 1.70. The van der Waals surface area contributed by atoms with E-state index < -0.39 is 0 Å². The van der Waals surface area contributed by atoms with E-state index in [9.17, 15) is 0 Å². The quantitative estimate of drug-likeness (QED) is 0.766. The van der Waals surface area contributed by atoms with Crippen LogP contribution in [0.1, 0.15) is 24.5 Å². The molecule has 1 aliphatic rings. The lowest BCUT2D eigenvalue weighted by Gasteiger charge is -1.98.